The van der Waals surface area contributed by atoms with Gasteiger partial charge in [-0.15, -0.1) is 0 Å². The first-order valence-electron chi connectivity index (χ1n) is 7.16. The van der Waals surface area contributed by atoms with Crippen molar-refractivity contribution in [3.05, 3.63) is 29.8 Å². The number of nitrogens with two attached hydrogens (primary N) is 1. The largest absolute Gasteiger partial charge is 0.497 e. The van der Waals surface area contributed by atoms with Crippen LogP contribution in [0.1, 0.15) is 38.7 Å². The highest BCUT2D eigenvalue weighted by atomic mass is 16.5. The van der Waals surface area contributed by atoms with Crippen molar-refractivity contribution >= 4 is 0 Å². The fourth-order valence-electron chi connectivity index (χ4n) is 3.16. The fraction of sp³-hybridized carbons (Fsp3) is 0.625. The van der Waals surface area contributed by atoms with Gasteiger partial charge < -0.3 is 15.2 Å². The summed E-state index contributed by atoms with van der Waals surface area (Å²) in [5, 5.41) is 0. The predicted octanol–water partition coefficient (Wildman–Crippen LogP) is 3.12. The zero-order chi connectivity index (χ0) is 13.9. The molecule has 106 valence electrons. The average Bonchev–Trinajstić information content (AvgIpc) is 2.45. The van der Waals surface area contributed by atoms with Gasteiger partial charge >= 0.3 is 0 Å². The number of benzene rings is 1. The van der Waals surface area contributed by atoms with E-state index < -0.39 is 0 Å². The van der Waals surface area contributed by atoms with Crippen molar-refractivity contribution in [2.75, 3.05) is 7.11 Å². The van der Waals surface area contributed by atoms with Crippen LogP contribution in [0.3, 0.4) is 0 Å². The maximum Gasteiger partial charge on any atom is 0.118 e. The first-order valence-corrected chi connectivity index (χ1v) is 7.16. The Balaban J connectivity index is 1.91. The molecule has 0 radical (unpaired) electrons. The summed E-state index contributed by atoms with van der Waals surface area (Å²) in [6, 6.07) is 8.34. The first kappa shape index (κ1) is 14.4. The summed E-state index contributed by atoms with van der Waals surface area (Å²) in [7, 11) is 1.68. The molecule has 0 aromatic heterocycles. The zero-order valence-electron chi connectivity index (χ0n) is 12.2. The Hall–Kier alpha value is -1.06. The van der Waals surface area contributed by atoms with Crippen LogP contribution >= 0.6 is 0 Å². The molecule has 0 heterocycles. The minimum Gasteiger partial charge on any atom is -0.497 e. The van der Waals surface area contributed by atoms with Crippen LogP contribution in [-0.2, 0) is 11.3 Å². The van der Waals surface area contributed by atoms with Crippen LogP contribution in [0, 0.1) is 5.41 Å². The highest BCUT2D eigenvalue weighted by Gasteiger charge is 2.51. The van der Waals surface area contributed by atoms with E-state index in [1.165, 1.54) is 5.56 Å². The lowest BCUT2D eigenvalue weighted by molar-refractivity contribution is -0.137. The van der Waals surface area contributed by atoms with Gasteiger partial charge in [0, 0.05) is 11.5 Å². The lowest BCUT2D eigenvalue weighted by atomic mass is 9.59. The maximum atomic E-state index is 6.18. The Kier molecular flexibility index (Phi) is 4.48. The molecule has 1 fully saturated rings. The van der Waals surface area contributed by atoms with Crippen LogP contribution < -0.4 is 10.5 Å². The summed E-state index contributed by atoms with van der Waals surface area (Å²) in [5.41, 5.74) is 7.55. The zero-order valence-corrected chi connectivity index (χ0v) is 12.2. The Morgan fingerprint density at radius 3 is 2.32 bits per heavy atom. The first-order chi connectivity index (χ1) is 9.16. The molecule has 0 amide bonds. The number of rotatable bonds is 6. The van der Waals surface area contributed by atoms with Gasteiger partial charge in [0.2, 0.25) is 0 Å². The topological polar surface area (TPSA) is 44.5 Å². The lowest BCUT2D eigenvalue weighted by Crippen LogP contribution is -2.61. The molecule has 1 aromatic carbocycles. The van der Waals surface area contributed by atoms with Crippen molar-refractivity contribution in [1.82, 2.24) is 0 Å². The second-order valence-electron chi connectivity index (χ2n) is 5.43. The standard InChI is InChI=1S/C16H25NO2/c1-4-16(5-2)14(17)10-15(16)19-11-12-6-8-13(18-3)9-7-12/h6-9,14-15H,4-5,10-11,17H2,1-3H3. The maximum absolute atomic E-state index is 6.18. The molecule has 0 aliphatic heterocycles. The molecule has 2 unspecified atom stereocenters. The third kappa shape index (κ3) is 2.63. The van der Waals surface area contributed by atoms with E-state index in [0.717, 1.165) is 25.0 Å². The number of hydrogen-bond acceptors (Lipinski definition) is 3. The molecule has 0 spiro atoms. The van der Waals surface area contributed by atoms with Crippen molar-refractivity contribution in [3.63, 3.8) is 0 Å². The second kappa shape index (κ2) is 5.93. The molecule has 0 bridgehead atoms. The predicted molar refractivity (Wildman–Crippen MR) is 77.2 cm³/mol. The summed E-state index contributed by atoms with van der Waals surface area (Å²) >= 11 is 0. The molecule has 1 saturated carbocycles. The van der Waals surface area contributed by atoms with Gasteiger partial charge in [0.15, 0.2) is 0 Å². The molecule has 1 aliphatic rings. The van der Waals surface area contributed by atoms with Crippen molar-refractivity contribution in [2.24, 2.45) is 11.1 Å². The second-order valence-corrected chi connectivity index (χ2v) is 5.43. The van der Waals surface area contributed by atoms with Crippen molar-refractivity contribution in [1.29, 1.82) is 0 Å². The van der Waals surface area contributed by atoms with E-state index in [9.17, 15) is 0 Å². The summed E-state index contributed by atoms with van der Waals surface area (Å²) in [5.74, 6) is 0.880. The summed E-state index contributed by atoms with van der Waals surface area (Å²) < 4.78 is 11.2. The van der Waals surface area contributed by atoms with E-state index in [0.29, 0.717) is 18.8 Å². The minimum atomic E-state index is 0.187. The molecule has 2 atom stereocenters. The van der Waals surface area contributed by atoms with Gasteiger partial charge in [-0.2, -0.15) is 0 Å². The Labute approximate surface area is 116 Å². The molecule has 1 aliphatic carbocycles. The van der Waals surface area contributed by atoms with Crippen LogP contribution in [0.15, 0.2) is 24.3 Å². The van der Waals surface area contributed by atoms with Gasteiger partial charge in [0.05, 0.1) is 19.8 Å². The molecule has 3 nitrogen and oxygen atoms in total. The monoisotopic (exact) mass is 263 g/mol. The Morgan fingerprint density at radius 1 is 1.21 bits per heavy atom. The van der Waals surface area contributed by atoms with Crippen LogP contribution in [0.25, 0.3) is 0 Å². The van der Waals surface area contributed by atoms with Gasteiger partial charge in [0.25, 0.3) is 0 Å². The van der Waals surface area contributed by atoms with Crippen LogP contribution in [0.4, 0.5) is 0 Å². The van der Waals surface area contributed by atoms with E-state index in [1.807, 2.05) is 12.1 Å². The molecule has 3 heteroatoms. The molecular weight excluding hydrogens is 238 g/mol. The normalized spacial score (nSPS) is 24.8. The minimum absolute atomic E-state index is 0.187. The van der Waals surface area contributed by atoms with Gasteiger partial charge in [0.1, 0.15) is 5.75 Å². The van der Waals surface area contributed by atoms with E-state index in [1.54, 1.807) is 7.11 Å². The van der Waals surface area contributed by atoms with E-state index >= 15 is 0 Å². The van der Waals surface area contributed by atoms with Crippen molar-refractivity contribution < 1.29 is 9.47 Å². The van der Waals surface area contributed by atoms with E-state index in [2.05, 4.69) is 26.0 Å². The van der Waals surface area contributed by atoms with Gasteiger partial charge in [-0.05, 0) is 37.0 Å². The van der Waals surface area contributed by atoms with Crippen molar-refractivity contribution in [2.45, 2.75) is 51.9 Å². The Morgan fingerprint density at radius 2 is 1.84 bits per heavy atom. The third-order valence-electron chi connectivity index (χ3n) is 4.77. The number of hydrogen-bond donors (Lipinski definition) is 1. The highest BCUT2D eigenvalue weighted by molar-refractivity contribution is 5.26. The van der Waals surface area contributed by atoms with Crippen LogP contribution in [0.5, 0.6) is 5.75 Å². The summed E-state index contributed by atoms with van der Waals surface area (Å²) in [6.07, 6.45) is 3.48. The molecule has 0 saturated heterocycles. The van der Waals surface area contributed by atoms with Gasteiger partial charge in [-0.3, -0.25) is 0 Å². The molecule has 1 aromatic rings. The molecule has 2 N–H and O–H groups in total. The molecule has 2 rings (SSSR count). The van der Waals surface area contributed by atoms with E-state index in [4.69, 9.17) is 15.2 Å². The summed E-state index contributed by atoms with van der Waals surface area (Å²) in [6.45, 7) is 5.08. The number of ether oxygens (including phenoxy) is 2. The quantitative estimate of drug-likeness (QED) is 0.857. The van der Waals surface area contributed by atoms with Gasteiger partial charge in [-0.25, -0.2) is 0 Å². The Bertz CT molecular complexity index is 398. The van der Waals surface area contributed by atoms with Gasteiger partial charge in [-0.1, -0.05) is 26.0 Å². The highest BCUT2D eigenvalue weighted by Crippen LogP contribution is 2.47. The number of methoxy groups -OCH3 is 1. The third-order valence-corrected chi connectivity index (χ3v) is 4.77. The fourth-order valence-corrected chi connectivity index (χ4v) is 3.16. The van der Waals surface area contributed by atoms with E-state index in [-0.39, 0.29) is 5.41 Å². The van der Waals surface area contributed by atoms with Crippen LogP contribution in [0.2, 0.25) is 0 Å². The molecule has 19 heavy (non-hydrogen) atoms. The lowest BCUT2D eigenvalue weighted by Gasteiger charge is -2.53. The molecular formula is C16H25NO2. The van der Waals surface area contributed by atoms with Crippen LogP contribution in [-0.4, -0.2) is 19.3 Å². The smallest absolute Gasteiger partial charge is 0.118 e. The SMILES string of the molecule is CCC1(CC)C(N)CC1OCc1ccc(OC)cc1. The summed E-state index contributed by atoms with van der Waals surface area (Å²) in [4.78, 5) is 0. The average molecular weight is 263 g/mol. The van der Waals surface area contributed by atoms with Crippen molar-refractivity contribution in [3.8, 4) is 5.75 Å².